The summed E-state index contributed by atoms with van der Waals surface area (Å²) in [5, 5.41) is 13.0. The van der Waals surface area contributed by atoms with Crippen molar-refractivity contribution in [2.24, 2.45) is 0 Å². The third-order valence-corrected chi connectivity index (χ3v) is 2.97. The van der Waals surface area contributed by atoms with Crippen LogP contribution in [0.3, 0.4) is 0 Å². The van der Waals surface area contributed by atoms with Gasteiger partial charge in [-0.3, -0.25) is 0 Å². The third kappa shape index (κ3) is 4.16. The van der Waals surface area contributed by atoms with Gasteiger partial charge in [0.2, 0.25) is 0 Å². The fourth-order valence-corrected chi connectivity index (χ4v) is 1.91. The van der Waals surface area contributed by atoms with Crippen LogP contribution in [0.2, 0.25) is 0 Å². The molecule has 0 aliphatic carbocycles. The van der Waals surface area contributed by atoms with Crippen LogP contribution in [0.15, 0.2) is 42.5 Å². The third-order valence-electron chi connectivity index (χ3n) is 2.97. The molecule has 2 aromatic carbocycles. The van der Waals surface area contributed by atoms with Crippen molar-refractivity contribution in [3.8, 4) is 5.75 Å². The summed E-state index contributed by atoms with van der Waals surface area (Å²) >= 11 is 0. The predicted molar refractivity (Wildman–Crippen MR) is 77.4 cm³/mol. The minimum atomic E-state index is -0.968. The highest BCUT2D eigenvalue weighted by atomic mass is 19.2. The zero-order valence-corrected chi connectivity index (χ0v) is 11.6. The van der Waals surface area contributed by atoms with E-state index in [1.165, 1.54) is 6.07 Å². The molecule has 0 aliphatic rings. The van der Waals surface area contributed by atoms with Gasteiger partial charge in [-0.05, 0) is 36.8 Å². The fourth-order valence-electron chi connectivity index (χ4n) is 1.91. The number of hydrogen-bond acceptors (Lipinski definition) is 3. The van der Waals surface area contributed by atoms with Gasteiger partial charge in [0, 0.05) is 18.3 Å². The SMILES string of the molecule is CCOc1cccc(NCC(O)c2ccc(F)c(F)c2)c1. The number of nitrogens with one attached hydrogen (secondary N) is 1. The van der Waals surface area contributed by atoms with Crippen LogP contribution in [0, 0.1) is 11.6 Å². The van der Waals surface area contributed by atoms with Crippen LogP contribution in [-0.4, -0.2) is 18.3 Å². The molecule has 0 aromatic heterocycles. The van der Waals surface area contributed by atoms with Crippen molar-refractivity contribution in [2.75, 3.05) is 18.5 Å². The van der Waals surface area contributed by atoms with E-state index in [1.54, 1.807) is 0 Å². The monoisotopic (exact) mass is 293 g/mol. The lowest BCUT2D eigenvalue weighted by atomic mass is 10.1. The highest BCUT2D eigenvalue weighted by molar-refractivity contribution is 5.48. The second kappa shape index (κ2) is 7.04. The average molecular weight is 293 g/mol. The Labute approximate surface area is 122 Å². The molecule has 3 nitrogen and oxygen atoms in total. The molecule has 0 fully saturated rings. The molecule has 0 heterocycles. The number of rotatable bonds is 6. The van der Waals surface area contributed by atoms with E-state index < -0.39 is 17.7 Å². The Balaban J connectivity index is 1.98. The summed E-state index contributed by atoms with van der Waals surface area (Å²) in [4.78, 5) is 0. The molecular formula is C16H17F2NO2. The van der Waals surface area contributed by atoms with Gasteiger partial charge in [0.25, 0.3) is 0 Å². The number of aliphatic hydroxyl groups excluding tert-OH is 1. The minimum absolute atomic E-state index is 0.181. The molecule has 0 radical (unpaired) electrons. The van der Waals surface area contributed by atoms with Crippen LogP contribution in [0.25, 0.3) is 0 Å². The Hall–Kier alpha value is -2.14. The van der Waals surface area contributed by atoms with Crippen molar-refractivity contribution in [1.82, 2.24) is 0 Å². The van der Waals surface area contributed by atoms with Crippen LogP contribution in [0.1, 0.15) is 18.6 Å². The highest BCUT2D eigenvalue weighted by Crippen LogP contribution is 2.20. The fraction of sp³-hybridized carbons (Fsp3) is 0.250. The number of halogens is 2. The van der Waals surface area contributed by atoms with E-state index in [2.05, 4.69) is 5.32 Å². The molecule has 112 valence electrons. The largest absolute Gasteiger partial charge is 0.494 e. The number of ether oxygens (including phenoxy) is 1. The zero-order chi connectivity index (χ0) is 15.2. The normalized spacial score (nSPS) is 12.0. The van der Waals surface area contributed by atoms with Gasteiger partial charge >= 0.3 is 0 Å². The molecule has 0 amide bonds. The maximum Gasteiger partial charge on any atom is 0.159 e. The summed E-state index contributed by atoms with van der Waals surface area (Å²) in [5.74, 6) is -1.17. The number of aliphatic hydroxyl groups is 1. The van der Waals surface area contributed by atoms with E-state index in [0.717, 1.165) is 23.6 Å². The van der Waals surface area contributed by atoms with Crippen molar-refractivity contribution >= 4 is 5.69 Å². The summed E-state index contributed by atoms with van der Waals surface area (Å²) in [6.45, 7) is 2.65. The molecule has 21 heavy (non-hydrogen) atoms. The maximum absolute atomic E-state index is 13.1. The van der Waals surface area contributed by atoms with Crippen LogP contribution in [0.4, 0.5) is 14.5 Å². The quantitative estimate of drug-likeness (QED) is 0.856. The smallest absolute Gasteiger partial charge is 0.159 e. The van der Waals surface area contributed by atoms with Crippen molar-refractivity contribution in [1.29, 1.82) is 0 Å². The Morgan fingerprint density at radius 3 is 2.67 bits per heavy atom. The standard InChI is InChI=1S/C16H17F2NO2/c1-2-21-13-5-3-4-12(9-13)19-10-16(20)11-6-7-14(17)15(18)8-11/h3-9,16,19-20H,2,10H2,1H3. The molecule has 5 heteroatoms. The minimum Gasteiger partial charge on any atom is -0.494 e. The lowest BCUT2D eigenvalue weighted by Crippen LogP contribution is -2.12. The summed E-state index contributed by atoms with van der Waals surface area (Å²) in [6, 6.07) is 10.7. The summed E-state index contributed by atoms with van der Waals surface area (Å²) in [5.41, 5.74) is 1.10. The Morgan fingerprint density at radius 1 is 1.14 bits per heavy atom. The molecule has 2 aromatic rings. The topological polar surface area (TPSA) is 41.5 Å². The molecule has 1 atom stereocenters. The van der Waals surface area contributed by atoms with Gasteiger partial charge in [-0.1, -0.05) is 12.1 Å². The molecule has 0 spiro atoms. The van der Waals surface area contributed by atoms with Gasteiger partial charge in [-0.25, -0.2) is 8.78 Å². The van der Waals surface area contributed by atoms with Crippen molar-refractivity contribution in [2.45, 2.75) is 13.0 Å². The summed E-state index contributed by atoms with van der Waals surface area (Å²) < 4.78 is 31.3. The van der Waals surface area contributed by atoms with E-state index in [9.17, 15) is 13.9 Å². The second-order valence-corrected chi connectivity index (χ2v) is 4.53. The molecule has 0 saturated carbocycles. The predicted octanol–water partition coefficient (Wildman–Crippen LogP) is 3.51. The highest BCUT2D eigenvalue weighted by Gasteiger charge is 2.10. The van der Waals surface area contributed by atoms with E-state index in [1.807, 2.05) is 31.2 Å². The van der Waals surface area contributed by atoms with E-state index in [-0.39, 0.29) is 6.54 Å². The molecular weight excluding hydrogens is 276 g/mol. The van der Waals surface area contributed by atoms with Gasteiger partial charge in [-0.2, -0.15) is 0 Å². The summed E-state index contributed by atoms with van der Waals surface area (Å²) in [7, 11) is 0. The van der Waals surface area contributed by atoms with Crippen LogP contribution in [-0.2, 0) is 0 Å². The van der Waals surface area contributed by atoms with Crippen molar-refractivity contribution < 1.29 is 18.6 Å². The van der Waals surface area contributed by atoms with Gasteiger partial charge in [0.15, 0.2) is 11.6 Å². The second-order valence-electron chi connectivity index (χ2n) is 4.53. The molecule has 2 rings (SSSR count). The molecule has 0 saturated heterocycles. The van der Waals surface area contributed by atoms with Gasteiger partial charge in [0.05, 0.1) is 12.7 Å². The number of hydrogen-bond donors (Lipinski definition) is 2. The van der Waals surface area contributed by atoms with Gasteiger partial charge in [0.1, 0.15) is 5.75 Å². The van der Waals surface area contributed by atoms with E-state index >= 15 is 0 Å². The first-order valence-corrected chi connectivity index (χ1v) is 6.70. The van der Waals surface area contributed by atoms with E-state index in [4.69, 9.17) is 4.74 Å². The first-order valence-electron chi connectivity index (χ1n) is 6.70. The lowest BCUT2D eigenvalue weighted by molar-refractivity contribution is 0.191. The Morgan fingerprint density at radius 2 is 1.95 bits per heavy atom. The molecule has 0 bridgehead atoms. The van der Waals surface area contributed by atoms with Gasteiger partial charge in [-0.15, -0.1) is 0 Å². The first kappa shape index (κ1) is 15.3. The van der Waals surface area contributed by atoms with Crippen molar-refractivity contribution in [3.05, 3.63) is 59.7 Å². The van der Waals surface area contributed by atoms with Crippen LogP contribution < -0.4 is 10.1 Å². The molecule has 0 aliphatic heterocycles. The van der Waals surface area contributed by atoms with Crippen LogP contribution in [0.5, 0.6) is 5.75 Å². The van der Waals surface area contributed by atoms with Crippen molar-refractivity contribution in [3.63, 3.8) is 0 Å². The van der Waals surface area contributed by atoms with Crippen LogP contribution >= 0.6 is 0 Å². The Bertz CT molecular complexity index is 605. The van der Waals surface area contributed by atoms with E-state index in [0.29, 0.717) is 12.2 Å². The molecule has 2 N–H and O–H groups in total. The summed E-state index contributed by atoms with van der Waals surface area (Å²) in [6.07, 6.45) is -0.934. The molecule has 1 unspecified atom stereocenters. The Kier molecular flexibility index (Phi) is 5.11. The van der Waals surface area contributed by atoms with Gasteiger partial charge < -0.3 is 15.2 Å². The zero-order valence-electron chi connectivity index (χ0n) is 11.6. The number of anilines is 1. The first-order chi connectivity index (χ1) is 10.1. The maximum atomic E-state index is 13.1. The average Bonchev–Trinajstić information content (AvgIpc) is 2.48. The number of benzene rings is 2. The lowest BCUT2D eigenvalue weighted by Gasteiger charge is -2.14.